The quantitative estimate of drug-likeness (QED) is 0.734. The molecule has 0 unspecified atom stereocenters. The zero-order valence-corrected chi connectivity index (χ0v) is 16.5. The Morgan fingerprint density at radius 1 is 1.25 bits per heavy atom. The number of nitrogens with two attached hydrogens (primary N) is 1. The molecule has 0 aliphatic carbocycles. The SMILES string of the molecule is COc1cc(C=C2C(=O)N(c3ccc(S(N)(=O)=O)cc3)N=C2C)cc(Cl)c1O. The molecule has 0 bridgehead atoms. The third-order valence-electron chi connectivity index (χ3n) is 4.05. The van der Waals surface area contributed by atoms with Gasteiger partial charge in [-0.1, -0.05) is 11.6 Å². The summed E-state index contributed by atoms with van der Waals surface area (Å²) in [5.74, 6) is -0.412. The molecule has 1 aliphatic rings. The van der Waals surface area contributed by atoms with E-state index in [-0.39, 0.29) is 21.4 Å². The second kappa shape index (κ2) is 7.27. The van der Waals surface area contributed by atoms with Crippen LogP contribution in [0.3, 0.4) is 0 Å². The van der Waals surface area contributed by atoms with E-state index in [4.69, 9.17) is 21.5 Å². The van der Waals surface area contributed by atoms with Crippen molar-refractivity contribution in [2.24, 2.45) is 10.2 Å². The van der Waals surface area contributed by atoms with Gasteiger partial charge < -0.3 is 9.84 Å². The lowest BCUT2D eigenvalue weighted by Crippen LogP contribution is -2.21. The Kier molecular flexibility index (Phi) is 5.16. The van der Waals surface area contributed by atoms with Crippen LogP contribution in [0.15, 0.2) is 52.0 Å². The molecular weight excluding hydrogens is 406 g/mol. The van der Waals surface area contributed by atoms with Crippen LogP contribution in [0.25, 0.3) is 6.08 Å². The van der Waals surface area contributed by atoms with Crippen molar-refractivity contribution in [1.82, 2.24) is 0 Å². The summed E-state index contributed by atoms with van der Waals surface area (Å²) >= 11 is 5.99. The third-order valence-corrected chi connectivity index (χ3v) is 5.27. The van der Waals surface area contributed by atoms with E-state index in [0.717, 1.165) is 5.01 Å². The molecule has 0 saturated heterocycles. The smallest absolute Gasteiger partial charge is 0.280 e. The molecule has 3 N–H and O–H groups in total. The van der Waals surface area contributed by atoms with Gasteiger partial charge in [-0.05, 0) is 55.0 Å². The maximum absolute atomic E-state index is 12.8. The molecule has 8 nitrogen and oxygen atoms in total. The van der Waals surface area contributed by atoms with Crippen molar-refractivity contribution in [3.63, 3.8) is 0 Å². The van der Waals surface area contributed by atoms with Gasteiger partial charge in [-0.15, -0.1) is 0 Å². The summed E-state index contributed by atoms with van der Waals surface area (Å²) in [6.45, 7) is 1.67. The standard InChI is InChI=1S/C18H16ClN3O5S/c1-10-14(7-11-8-15(19)17(23)16(9-11)27-2)18(24)22(21-10)12-3-5-13(6-4-12)28(20,25)26/h3-9,23H,1-2H3,(H2,20,25,26). The number of methoxy groups -OCH3 is 1. The molecule has 0 aromatic heterocycles. The largest absolute Gasteiger partial charge is 0.503 e. The molecule has 2 aromatic carbocycles. The van der Waals surface area contributed by atoms with Gasteiger partial charge in [0.05, 0.1) is 34.0 Å². The monoisotopic (exact) mass is 421 g/mol. The first-order valence-electron chi connectivity index (χ1n) is 7.93. The van der Waals surface area contributed by atoms with Crippen LogP contribution in [0.4, 0.5) is 5.69 Å². The molecule has 1 amide bonds. The number of primary sulfonamides is 1. The Morgan fingerprint density at radius 3 is 2.46 bits per heavy atom. The fourth-order valence-electron chi connectivity index (χ4n) is 2.64. The number of hydrazone groups is 1. The van der Waals surface area contributed by atoms with Crippen molar-refractivity contribution >= 4 is 45.0 Å². The Hall–Kier alpha value is -2.88. The molecule has 1 heterocycles. The normalized spacial score (nSPS) is 15.9. The summed E-state index contributed by atoms with van der Waals surface area (Å²) in [4.78, 5) is 12.7. The molecule has 2 aromatic rings. The Balaban J connectivity index is 1.95. The van der Waals surface area contributed by atoms with E-state index in [0.29, 0.717) is 22.5 Å². The minimum atomic E-state index is -3.83. The van der Waals surface area contributed by atoms with E-state index in [9.17, 15) is 18.3 Å². The van der Waals surface area contributed by atoms with Crippen molar-refractivity contribution in [2.75, 3.05) is 12.1 Å². The molecule has 146 valence electrons. The number of carbonyl (C=O) groups is 1. The molecule has 28 heavy (non-hydrogen) atoms. The average Bonchev–Trinajstić information content (AvgIpc) is 2.92. The van der Waals surface area contributed by atoms with Gasteiger partial charge in [0.25, 0.3) is 5.91 Å². The summed E-state index contributed by atoms with van der Waals surface area (Å²) in [7, 11) is -2.44. The molecule has 0 fully saturated rings. The van der Waals surface area contributed by atoms with Crippen LogP contribution in [0.5, 0.6) is 11.5 Å². The summed E-state index contributed by atoms with van der Waals surface area (Å²) in [6, 6.07) is 8.52. The predicted octanol–water partition coefficient (Wildman–Crippen LogP) is 2.51. The van der Waals surface area contributed by atoms with Gasteiger partial charge in [0.15, 0.2) is 11.5 Å². The third kappa shape index (κ3) is 3.72. The number of amides is 1. The number of halogens is 1. The molecule has 0 atom stereocenters. The highest BCUT2D eigenvalue weighted by Crippen LogP contribution is 2.36. The number of phenolic OH excluding ortho intramolecular Hbond substituents is 1. The number of rotatable bonds is 4. The molecule has 0 radical (unpaired) electrons. The lowest BCUT2D eigenvalue weighted by Gasteiger charge is -2.12. The molecule has 3 rings (SSSR count). The highest BCUT2D eigenvalue weighted by molar-refractivity contribution is 7.89. The molecule has 0 spiro atoms. The summed E-state index contributed by atoms with van der Waals surface area (Å²) in [5.41, 5.74) is 1.72. The van der Waals surface area contributed by atoms with Gasteiger partial charge in [-0.3, -0.25) is 4.79 Å². The van der Waals surface area contributed by atoms with Gasteiger partial charge in [0.2, 0.25) is 10.0 Å². The van der Waals surface area contributed by atoms with E-state index in [1.165, 1.54) is 37.4 Å². The molecule has 1 aliphatic heterocycles. The molecule has 0 saturated carbocycles. The lowest BCUT2D eigenvalue weighted by atomic mass is 10.1. The number of sulfonamides is 1. The second-order valence-corrected chi connectivity index (χ2v) is 7.92. The van der Waals surface area contributed by atoms with Gasteiger partial charge >= 0.3 is 0 Å². The van der Waals surface area contributed by atoms with Crippen LogP contribution in [0.1, 0.15) is 12.5 Å². The number of carbonyl (C=O) groups excluding carboxylic acids is 1. The maximum atomic E-state index is 12.8. The number of aromatic hydroxyl groups is 1. The Morgan fingerprint density at radius 2 is 1.89 bits per heavy atom. The van der Waals surface area contributed by atoms with Crippen LogP contribution in [-0.2, 0) is 14.8 Å². The van der Waals surface area contributed by atoms with Crippen LogP contribution < -0.4 is 14.9 Å². The second-order valence-electron chi connectivity index (χ2n) is 5.95. The summed E-state index contributed by atoms with van der Waals surface area (Å²) in [5, 5.41) is 20.4. The van der Waals surface area contributed by atoms with Crippen LogP contribution >= 0.6 is 11.6 Å². The van der Waals surface area contributed by atoms with Crippen molar-refractivity contribution in [3.8, 4) is 11.5 Å². The Labute approximate surface area is 166 Å². The predicted molar refractivity (Wildman–Crippen MR) is 106 cm³/mol. The highest BCUT2D eigenvalue weighted by atomic mass is 35.5. The van der Waals surface area contributed by atoms with E-state index in [2.05, 4.69) is 5.10 Å². The van der Waals surface area contributed by atoms with E-state index >= 15 is 0 Å². The van der Waals surface area contributed by atoms with Crippen LogP contribution in [-0.4, -0.2) is 32.3 Å². The lowest BCUT2D eigenvalue weighted by molar-refractivity contribution is -0.114. The Bertz CT molecular complexity index is 1120. The zero-order valence-electron chi connectivity index (χ0n) is 14.9. The van der Waals surface area contributed by atoms with Crippen molar-refractivity contribution in [2.45, 2.75) is 11.8 Å². The van der Waals surface area contributed by atoms with Crippen LogP contribution in [0.2, 0.25) is 5.02 Å². The number of anilines is 1. The zero-order chi connectivity index (χ0) is 20.6. The summed E-state index contributed by atoms with van der Waals surface area (Å²) in [6.07, 6.45) is 1.58. The van der Waals surface area contributed by atoms with Crippen LogP contribution in [0, 0.1) is 0 Å². The number of hydrogen-bond donors (Lipinski definition) is 2. The first-order chi connectivity index (χ1) is 13.1. The number of nitrogens with zero attached hydrogens (tertiary/aromatic N) is 2. The fourth-order valence-corrected chi connectivity index (χ4v) is 3.37. The summed E-state index contributed by atoms with van der Waals surface area (Å²) < 4.78 is 27.8. The van der Waals surface area contributed by atoms with Gasteiger partial charge in [0, 0.05) is 0 Å². The van der Waals surface area contributed by atoms with E-state index < -0.39 is 15.9 Å². The van der Waals surface area contributed by atoms with Crippen molar-refractivity contribution < 1.29 is 23.1 Å². The van der Waals surface area contributed by atoms with E-state index in [1.54, 1.807) is 19.1 Å². The first kappa shape index (κ1) is 19.9. The minimum absolute atomic E-state index is 0.0646. The number of ether oxygens (including phenoxy) is 1. The topological polar surface area (TPSA) is 122 Å². The van der Waals surface area contributed by atoms with Gasteiger partial charge in [-0.2, -0.15) is 10.1 Å². The van der Waals surface area contributed by atoms with Gasteiger partial charge in [-0.25, -0.2) is 13.6 Å². The number of benzene rings is 2. The number of phenols is 1. The fraction of sp³-hybridized carbons (Fsp3) is 0.111. The molecule has 10 heteroatoms. The number of hydrogen-bond acceptors (Lipinski definition) is 6. The average molecular weight is 422 g/mol. The first-order valence-corrected chi connectivity index (χ1v) is 9.85. The van der Waals surface area contributed by atoms with Crippen molar-refractivity contribution in [1.29, 1.82) is 0 Å². The molecular formula is C18H16ClN3O5S. The minimum Gasteiger partial charge on any atom is -0.503 e. The maximum Gasteiger partial charge on any atom is 0.280 e. The highest BCUT2D eigenvalue weighted by Gasteiger charge is 2.29. The van der Waals surface area contributed by atoms with Crippen molar-refractivity contribution in [3.05, 3.63) is 52.6 Å². The van der Waals surface area contributed by atoms with E-state index in [1.807, 2.05) is 0 Å². The van der Waals surface area contributed by atoms with Gasteiger partial charge in [0.1, 0.15) is 0 Å².